The van der Waals surface area contributed by atoms with Gasteiger partial charge in [0.1, 0.15) is 5.75 Å². The van der Waals surface area contributed by atoms with Gasteiger partial charge in [0.2, 0.25) is 0 Å². The predicted molar refractivity (Wildman–Crippen MR) is 74.2 cm³/mol. The number of esters is 1. The van der Waals surface area contributed by atoms with E-state index in [1.54, 1.807) is 25.3 Å². The van der Waals surface area contributed by atoms with Gasteiger partial charge in [0, 0.05) is 12.1 Å². The first-order valence-corrected chi connectivity index (χ1v) is 6.45. The van der Waals surface area contributed by atoms with E-state index in [4.69, 9.17) is 9.47 Å². The Kier molecular flexibility index (Phi) is 4.76. The van der Waals surface area contributed by atoms with Gasteiger partial charge in [-0.25, -0.2) is 4.79 Å². The van der Waals surface area contributed by atoms with Gasteiger partial charge < -0.3 is 14.8 Å². The molecule has 1 fully saturated rings. The van der Waals surface area contributed by atoms with E-state index >= 15 is 0 Å². The standard InChI is InChI=1S/C15H17NO4/c1-19-13-7-2-11(3-8-13)4-9-15(18)20-10-14(17)16-12-5-6-12/h2-4,7-9,12H,5-6,10H2,1H3,(H,16,17)/b9-4+. The highest BCUT2D eigenvalue weighted by molar-refractivity contribution is 5.89. The molecular weight excluding hydrogens is 258 g/mol. The molecule has 2 rings (SSSR count). The number of carbonyl (C=O) groups excluding carboxylic acids is 2. The Morgan fingerprint density at radius 3 is 2.60 bits per heavy atom. The van der Waals surface area contributed by atoms with Crippen LogP contribution in [0.5, 0.6) is 5.75 Å². The minimum Gasteiger partial charge on any atom is -0.497 e. The quantitative estimate of drug-likeness (QED) is 0.631. The zero-order chi connectivity index (χ0) is 14.4. The van der Waals surface area contributed by atoms with Crippen molar-refractivity contribution in [3.8, 4) is 5.75 Å². The summed E-state index contributed by atoms with van der Waals surface area (Å²) < 4.78 is 9.87. The number of amides is 1. The first kappa shape index (κ1) is 14.1. The van der Waals surface area contributed by atoms with Crippen molar-refractivity contribution in [2.24, 2.45) is 0 Å². The molecule has 0 heterocycles. The molecule has 1 N–H and O–H groups in total. The summed E-state index contributed by atoms with van der Waals surface area (Å²) in [4.78, 5) is 22.7. The molecule has 5 heteroatoms. The van der Waals surface area contributed by atoms with Gasteiger partial charge in [-0.2, -0.15) is 0 Å². The number of hydrogen-bond donors (Lipinski definition) is 1. The summed E-state index contributed by atoms with van der Waals surface area (Å²) in [6, 6.07) is 7.52. The predicted octanol–water partition coefficient (Wildman–Crippen LogP) is 1.53. The maximum Gasteiger partial charge on any atom is 0.331 e. The van der Waals surface area contributed by atoms with Crippen LogP contribution in [0.2, 0.25) is 0 Å². The lowest BCUT2D eigenvalue weighted by Gasteiger charge is -2.03. The molecule has 1 saturated carbocycles. The molecule has 0 radical (unpaired) electrons. The van der Waals surface area contributed by atoms with Crippen molar-refractivity contribution >= 4 is 18.0 Å². The Morgan fingerprint density at radius 1 is 1.30 bits per heavy atom. The lowest BCUT2D eigenvalue weighted by molar-refractivity contribution is -0.143. The summed E-state index contributed by atoms with van der Waals surface area (Å²) in [5.74, 6) is -0.0352. The van der Waals surface area contributed by atoms with E-state index < -0.39 is 5.97 Å². The van der Waals surface area contributed by atoms with Crippen LogP contribution in [0.15, 0.2) is 30.3 Å². The minimum atomic E-state index is -0.535. The lowest BCUT2D eigenvalue weighted by atomic mass is 10.2. The number of rotatable bonds is 6. The fourth-order valence-electron chi connectivity index (χ4n) is 1.56. The molecule has 1 aliphatic carbocycles. The largest absolute Gasteiger partial charge is 0.497 e. The van der Waals surface area contributed by atoms with Crippen molar-refractivity contribution in [2.45, 2.75) is 18.9 Å². The number of hydrogen-bond acceptors (Lipinski definition) is 4. The molecule has 1 amide bonds. The zero-order valence-corrected chi connectivity index (χ0v) is 11.3. The van der Waals surface area contributed by atoms with Gasteiger partial charge >= 0.3 is 5.97 Å². The van der Waals surface area contributed by atoms with E-state index in [1.165, 1.54) is 6.08 Å². The van der Waals surface area contributed by atoms with Gasteiger partial charge in [-0.1, -0.05) is 12.1 Å². The average molecular weight is 275 g/mol. The van der Waals surface area contributed by atoms with Crippen LogP contribution in [0.3, 0.4) is 0 Å². The van der Waals surface area contributed by atoms with Crippen molar-refractivity contribution in [1.82, 2.24) is 5.32 Å². The smallest absolute Gasteiger partial charge is 0.331 e. The Balaban J connectivity index is 1.74. The highest BCUT2D eigenvalue weighted by Gasteiger charge is 2.23. The molecule has 106 valence electrons. The van der Waals surface area contributed by atoms with Gasteiger partial charge in [0.15, 0.2) is 6.61 Å². The van der Waals surface area contributed by atoms with Crippen LogP contribution in [0.4, 0.5) is 0 Å². The Morgan fingerprint density at radius 2 is 2.00 bits per heavy atom. The minimum absolute atomic E-state index is 0.234. The SMILES string of the molecule is COc1ccc(/C=C/C(=O)OCC(=O)NC2CC2)cc1. The molecule has 1 aliphatic rings. The second-order valence-electron chi connectivity index (χ2n) is 4.56. The zero-order valence-electron chi connectivity index (χ0n) is 11.3. The summed E-state index contributed by atoms with van der Waals surface area (Å²) in [7, 11) is 1.59. The monoisotopic (exact) mass is 275 g/mol. The molecular formula is C15H17NO4. The van der Waals surface area contributed by atoms with E-state index in [0.29, 0.717) is 0 Å². The number of nitrogens with one attached hydrogen (secondary N) is 1. The molecule has 0 aromatic heterocycles. The summed E-state index contributed by atoms with van der Waals surface area (Å²) in [5, 5.41) is 2.74. The van der Waals surface area contributed by atoms with E-state index in [-0.39, 0.29) is 18.6 Å². The molecule has 0 atom stereocenters. The maximum atomic E-state index is 11.4. The van der Waals surface area contributed by atoms with Crippen LogP contribution in [0.25, 0.3) is 6.08 Å². The lowest BCUT2D eigenvalue weighted by Crippen LogP contribution is -2.30. The fraction of sp³-hybridized carbons (Fsp3) is 0.333. The Hall–Kier alpha value is -2.30. The second kappa shape index (κ2) is 6.75. The molecule has 0 saturated heterocycles. The summed E-state index contributed by atoms with van der Waals surface area (Å²) in [5.41, 5.74) is 0.852. The maximum absolute atomic E-state index is 11.4. The number of carbonyl (C=O) groups is 2. The molecule has 0 spiro atoms. The molecule has 0 bridgehead atoms. The second-order valence-corrected chi connectivity index (χ2v) is 4.56. The van der Waals surface area contributed by atoms with Crippen molar-refractivity contribution < 1.29 is 19.1 Å². The highest BCUT2D eigenvalue weighted by atomic mass is 16.5. The van der Waals surface area contributed by atoms with Gasteiger partial charge in [0.05, 0.1) is 7.11 Å². The van der Waals surface area contributed by atoms with E-state index in [0.717, 1.165) is 24.2 Å². The third-order valence-electron chi connectivity index (χ3n) is 2.82. The van der Waals surface area contributed by atoms with Gasteiger partial charge in [0.25, 0.3) is 5.91 Å². The summed E-state index contributed by atoms with van der Waals surface area (Å²) >= 11 is 0. The fourth-order valence-corrected chi connectivity index (χ4v) is 1.56. The van der Waals surface area contributed by atoms with Crippen LogP contribution >= 0.6 is 0 Å². The molecule has 1 aromatic carbocycles. The summed E-state index contributed by atoms with van der Waals surface area (Å²) in [6.07, 6.45) is 4.95. The van der Waals surface area contributed by atoms with E-state index in [1.807, 2.05) is 12.1 Å². The Labute approximate surface area is 117 Å². The van der Waals surface area contributed by atoms with Crippen molar-refractivity contribution in [3.63, 3.8) is 0 Å². The number of benzene rings is 1. The molecule has 20 heavy (non-hydrogen) atoms. The van der Waals surface area contributed by atoms with Gasteiger partial charge in [-0.3, -0.25) is 4.79 Å². The van der Waals surface area contributed by atoms with Crippen molar-refractivity contribution in [2.75, 3.05) is 13.7 Å². The molecule has 0 unspecified atom stereocenters. The first-order valence-electron chi connectivity index (χ1n) is 6.45. The highest BCUT2D eigenvalue weighted by Crippen LogP contribution is 2.18. The number of ether oxygens (including phenoxy) is 2. The van der Waals surface area contributed by atoms with Crippen LogP contribution in [0.1, 0.15) is 18.4 Å². The van der Waals surface area contributed by atoms with Crippen LogP contribution in [-0.2, 0) is 14.3 Å². The van der Waals surface area contributed by atoms with Crippen LogP contribution in [-0.4, -0.2) is 31.6 Å². The topological polar surface area (TPSA) is 64.6 Å². The van der Waals surface area contributed by atoms with Crippen molar-refractivity contribution in [3.05, 3.63) is 35.9 Å². The van der Waals surface area contributed by atoms with Gasteiger partial charge in [-0.05, 0) is 36.6 Å². The normalized spacial score (nSPS) is 14.1. The van der Waals surface area contributed by atoms with E-state index in [9.17, 15) is 9.59 Å². The Bertz CT molecular complexity index is 503. The van der Waals surface area contributed by atoms with Crippen molar-refractivity contribution in [1.29, 1.82) is 0 Å². The third kappa shape index (κ3) is 4.76. The van der Waals surface area contributed by atoms with Crippen LogP contribution in [0, 0.1) is 0 Å². The molecule has 0 aliphatic heterocycles. The first-order chi connectivity index (χ1) is 9.67. The molecule has 1 aromatic rings. The summed E-state index contributed by atoms with van der Waals surface area (Å²) in [6.45, 7) is -0.234. The number of methoxy groups -OCH3 is 1. The van der Waals surface area contributed by atoms with Crippen LogP contribution < -0.4 is 10.1 Å². The van der Waals surface area contributed by atoms with E-state index in [2.05, 4.69) is 5.32 Å². The van der Waals surface area contributed by atoms with Gasteiger partial charge in [-0.15, -0.1) is 0 Å². The average Bonchev–Trinajstić information content (AvgIpc) is 3.27. The third-order valence-corrected chi connectivity index (χ3v) is 2.82. The molecule has 5 nitrogen and oxygen atoms in total.